The second-order valence-corrected chi connectivity index (χ2v) is 6.76. The maximum absolute atomic E-state index is 12.2. The zero-order valence-electron chi connectivity index (χ0n) is 13.3. The largest absolute Gasteiger partial charge is 0.369 e. The van der Waals surface area contributed by atoms with Crippen LogP contribution in [0.1, 0.15) is 11.3 Å². The molecule has 25 heavy (non-hydrogen) atoms. The predicted octanol–water partition coefficient (Wildman–Crippen LogP) is 1.56. The Bertz CT molecular complexity index is 937. The lowest BCUT2D eigenvalue weighted by molar-refractivity contribution is -0.387. The second-order valence-electron chi connectivity index (χ2n) is 5.02. The molecule has 0 radical (unpaired) electrons. The van der Waals surface area contributed by atoms with Gasteiger partial charge >= 0.3 is 0 Å². The van der Waals surface area contributed by atoms with Crippen molar-refractivity contribution in [2.45, 2.75) is 11.8 Å². The van der Waals surface area contributed by atoms with Gasteiger partial charge in [-0.3, -0.25) is 10.1 Å². The first kappa shape index (κ1) is 18.3. The highest BCUT2D eigenvalue weighted by Gasteiger charge is 2.24. The standard InChI is InChI=1S/C15H15N5O4S/c1-11-6-7-15(19-12(11)10-16)17-8-9-18-25(23,24)14-5-3-2-4-13(14)20(21)22/h2-7,18H,8-9H2,1H3,(H,17,19). The van der Waals surface area contributed by atoms with E-state index in [0.29, 0.717) is 5.82 Å². The van der Waals surface area contributed by atoms with Gasteiger partial charge in [-0.1, -0.05) is 18.2 Å². The molecule has 0 atom stereocenters. The summed E-state index contributed by atoms with van der Waals surface area (Å²) in [7, 11) is -4.01. The van der Waals surface area contributed by atoms with Crippen LogP contribution < -0.4 is 10.0 Å². The molecule has 2 aromatic rings. The van der Waals surface area contributed by atoms with Crippen LogP contribution >= 0.6 is 0 Å². The summed E-state index contributed by atoms with van der Waals surface area (Å²) in [5.41, 5.74) is 0.539. The molecule has 1 aromatic carbocycles. The monoisotopic (exact) mass is 361 g/mol. The summed E-state index contributed by atoms with van der Waals surface area (Å²) in [5, 5.41) is 22.8. The molecule has 0 aliphatic rings. The molecule has 0 aliphatic heterocycles. The molecule has 1 heterocycles. The molecule has 130 valence electrons. The quantitative estimate of drug-likeness (QED) is 0.433. The van der Waals surface area contributed by atoms with Crippen molar-refractivity contribution in [3.63, 3.8) is 0 Å². The number of nitrogens with zero attached hydrogens (tertiary/aromatic N) is 3. The first-order valence-electron chi connectivity index (χ1n) is 7.20. The van der Waals surface area contributed by atoms with Gasteiger partial charge in [-0.2, -0.15) is 5.26 Å². The van der Waals surface area contributed by atoms with Gasteiger partial charge in [0.2, 0.25) is 10.0 Å². The molecule has 2 rings (SSSR count). The Hall–Kier alpha value is -3.03. The Balaban J connectivity index is 2.00. The summed E-state index contributed by atoms with van der Waals surface area (Å²) in [4.78, 5) is 13.9. The number of benzene rings is 1. The number of nitro groups is 1. The lowest BCUT2D eigenvalue weighted by atomic mass is 10.2. The molecule has 10 heteroatoms. The van der Waals surface area contributed by atoms with Crippen molar-refractivity contribution < 1.29 is 13.3 Å². The highest BCUT2D eigenvalue weighted by molar-refractivity contribution is 7.89. The number of para-hydroxylation sites is 1. The Morgan fingerprint density at radius 3 is 2.64 bits per heavy atom. The Kier molecular flexibility index (Phi) is 5.63. The third kappa shape index (κ3) is 4.50. The normalized spacial score (nSPS) is 10.9. The number of aryl methyl sites for hydroxylation is 1. The minimum atomic E-state index is -4.01. The lowest BCUT2D eigenvalue weighted by Crippen LogP contribution is -2.29. The van der Waals surface area contributed by atoms with Gasteiger partial charge in [-0.25, -0.2) is 18.1 Å². The van der Waals surface area contributed by atoms with Crippen LogP contribution in [0.3, 0.4) is 0 Å². The average molecular weight is 361 g/mol. The fourth-order valence-corrected chi connectivity index (χ4v) is 3.23. The fraction of sp³-hybridized carbons (Fsp3) is 0.200. The fourth-order valence-electron chi connectivity index (χ4n) is 2.03. The number of nitriles is 1. The smallest absolute Gasteiger partial charge is 0.289 e. The SMILES string of the molecule is Cc1ccc(NCCNS(=O)(=O)c2ccccc2[N+](=O)[O-])nc1C#N. The maximum atomic E-state index is 12.2. The van der Waals surface area contributed by atoms with Crippen LogP contribution in [-0.2, 0) is 10.0 Å². The minimum absolute atomic E-state index is 0.00811. The Morgan fingerprint density at radius 1 is 1.24 bits per heavy atom. The van der Waals surface area contributed by atoms with Crippen LogP contribution in [0.15, 0.2) is 41.3 Å². The number of nitrogens with one attached hydrogen (secondary N) is 2. The van der Waals surface area contributed by atoms with Crippen molar-refractivity contribution in [1.29, 1.82) is 5.26 Å². The predicted molar refractivity (Wildman–Crippen MR) is 90.5 cm³/mol. The molecule has 0 aliphatic carbocycles. The van der Waals surface area contributed by atoms with Crippen molar-refractivity contribution in [2.75, 3.05) is 18.4 Å². The van der Waals surface area contributed by atoms with E-state index in [1.54, 1.807) is 19.1 Å². The zero-order valence-corrected chi connectivity index (χ0v) is 14.1. The summed E-state index contributed by atoms with van der Waals surface area (Å²) < 4.78 is 26.7. The highest BCUT2D eigenvalue weighted by atomic mass is 32.2. The maximum Gasteiger partial charge on any atom is 0.289 e. The molecule has 0 spiro atoms. The van der Waals surface area contributed by atoms with Crippen LogP contribution in [0.2, 0.25) is 0 Å². The molecular formula is C15H15N5O4S. The van der Waals surface area contributed by atoms with Gasteiger partial charge in [-0.05, 0) is 24.6 Å². The average Bonchev–Trinajstić information content (AvgIpc) is 2.60. The number of anilines is 1. The van der Waals surface area contributed by atoms with Crippen molar-refractivity contribution in [3.8, 4) is 6.07 Å². The highest BCUT2D eigenvalue weighted by Crippen LogP contribution is 2.22. The van der Waals surface area contributed by atoms with Crippen molar-refractivity contribution >= 4 is 21.5 Å². The third-order valence-corrected chi connectivity index (χ3v) is 4.79. The molecule has 2 N–H and O–H groups in total. The van der Waals surface area contributed by atoms with E-state index in [1.807, 2.05) is 6.07 Å². The van der Waals surface area contributed by atoms with E-state index in [9.17, 15) is 18.5 Å². The summed E-state index contributed by atoms with van der Waals surface area (Å²) in [6.45, 7) is 1.95. The Morgan fingerprint density at radius 2 is 1.96 bits per heavy atom. The van der Waals surface area contributed by atoms with Crippen LogP contribution in [0.4, 0.5) is 11.5 Å². The van der Waals surface area contributed by atoms with E-state index in [4.69, 9.17) is 5.26 Å². The molecular weight excluding hydrogens is 346 g/mol. The summed E-state index contributed by atoms with van der Waals surface area (Å²) >= 11 is 0. The lowest BCUT2D eigenvalue weighted by Gasteiger charge is -2.09. The molecule has 0 saturated carbocycles. The van der Waals surface area contributed by atoms with Crippen LogP contribution in [0.25, 0.3) is 0 Å². The molecule has 0 unspecified atom stereocenters. The number of rotatable bonds is 7. The first-order valence-corrected chi connectivity index (χ1v) is 8.68. The number of sulfonamides is 1. The van der Waals surface area contributed by atoms with Gasteiger partial charge in [0, 0.05) is 19.2 Å². The van der Waals surface area contributed by atoms with E-state index in [0.717, 1.165) is 11.6 Å². The molecule has 0 amide bonds. The van der Waals surface area contributed by atoms with Crippen molar-refractivity contribution in [1.82, 2.24) is 9.71 Å². The third-order valence-electron chi connectivity index (χ3n) is 3.28. The molecule has 9 nitrogen and oxygen atoms in total. The molecule has 0 fully saturated rings. The van der Waals surface area contributed by atoms with E-state index in [2.05, 4.69) is 15.0 Å². The van der Waals surface area contributed by atoms with Crippen molar-refractivity contribution in [2.24, 2.45) is 0 Å². The van der Waals surface area contributed by atoms with Crippen LogP contribution in [0, 0.1) is 28.4 Å². The van der Waals surface area contributed by atoms with Gasteiger partial charge in [0.25, 0.3) is 5.69 Å². The number of pyridine rings is 1. The zero-order chi connectivity index (χ0) is 18.4. The number of aromatic nitrogens is 1. The van der Waals surface area contributed by atoms with Crippen molar-refractivity contribution in [3.05, 3.63) is 57.8 Å². The molecule has 1 aromatic heterocycles. The summed E-state index contributed by atoms with van der Waals surface area (Å²) in [6.07, 6.45) is 0. The van der Waals surface area contributed by atoms with Crippen LogP contribution in [-0.4, -0.2) is 31.4 Å². The second kappa shape index (κ2) is 7.69. The molecule has 0 bridgehead atoms. The number of hydrogen-bond donors (Lipinski definition) is 2. The van der Waals surface area contributed by atoms with Gasteiger partial charge in [-0.15, -0.1) is 0 Å². The minimum Gasteiger partial charge on any atom is -0.369 e. The van der Waals surface area contributed by atoms with Gasteiger partial charge in [0.05, 0.1) is 4.92 Å². The van der Waals surface area contributed by atoms with E-state index >= 15 is 0 Å². The molecule has 0 saturated heterocycles. The summed E-state index contributed by atoms with van der Waals surface area (Å²) in [6, 6.07) is 10.5. The van der Waals surface area contributed by atoms with Crippen LogP contribution in [0.5, 0.6) is 0 Å². The van der Waals surface area contributed by atoms with Gasteiger partial charge < -0.3 is 5.32 Å². The summed E-state index contributed by atoms with van der Waals surface area (Å²) in [5.74, 6) is 0.437. The van der Waals surface area contributed by atoms with E-state index in [1.165, 1.54) is 18.2 Å². The number of hydrogen-bond acceptors (Lipinski definition) is 7. The van der Waals surface area contributed by atoms with Gasteiger partial charge in [0.15, 0.2) is 4.90 Å². The van der Waals surface area contributed by atoms with Gasteiger partial charge in [0.1, 0.15) is 17.6 Å². The van der Waals surface area contributed by atoms with E-state index in [-0.39, 0.29) is 23.7 Å². The number of nitro benzene ring substituents is 1. The first-order chi connectivity index (χ1) is 11.8. The Labute approximate surface area is 144 Å². The topological polar surface area (TPSA) is 138 Å². The van der Waals surface area contributed by atoms with E-state index < -0.39 is 20.6 Å².